The fourth-order valence-corrected chi connectivity index (χ4v) is 7.85. The Morgan fingerprint density at radius 3 is 1.52 bits per heavy atom. The van der Waals surface area contributed by atoms with Gasteiger partial charge in [-0.15, -0.1) is 70.8 Å². The Morgan fingerprint density at radius 1 is 0.442 bits per heavy atom. The minimum absolute atomic E-state index is 0. The molecule has 2 heterocycles. The Kier molecular flexibility index (Phi) is 9.31. The summed E-state index contributed by atoms with van der Waals surface area (Å²) in [6.45, 7) is 0. The SMILES string of the molecule is [Ir].[c-]1cc2c(cc1-c1ccccn1)CC1(C2)c2cc(-c3ccccc3)ccc2-c2ccc(-c3ccccc3)cc21.[c-]1ccccc1-c1ccccn1. The molecule has 0 atom stereocenters. The summed E-state index contributed by atoms with van der Waals surface area (Å²) < 4.78 is 0. The summed E-state index contributed by atoms with van der Waals surface area (Å²) >= 11 is 0. The molecule has 2 aliphatic rings. The molecular weight excluding hydrogens is 809 g/mol. The van der Waals surface area contributed by atoms with E-state index in [1.807, 2.05) is 60.8 Å². The summed E-state index contributed by atoms with van der Waals surface area (Å²) in [6.07, 6.45) is 5.61. The van der Waals surface area contributed by atoms with Crippen LogP contribution in [0.3, 0.4) is 0 Å². The van der Waals surface area contributed by atoms with Crippen LogP contribution in [0.25, 0.3) is 55.9 Å². The number of pyridine rings is 2. The molecule has 2 nitrogen and oxygen atoms in total. The van der Waals surface area contributed by atoms with Crippen LogP contribution in [0.4, 0.5) is 0 Å². The van der Waals surface area contributed by atoms with Crippen LogP contribution in [0.15, 0.2) is 182 Å². The Hall–Kier alpha value is -5.73. The van der Waals surface area contributed by atoms with Crippen LogP contribution in [-0.4, -0.2) is 9.97 Å². The van der Waals surface area contributed by atoms with Crippen LogP contribution in [0.1, 0.15) is 22.3 Å². The number of hydrogen-bond donors (Lipinski definition) is 0. The van der Waals surface area contributed by atoms with E-state index in [9.17, 15) is 0 Å². The fourth-order valence-electron chi connectivity index (χ4n) is 7.85. The van der Waals surface area contributed by atoms with Crippen LogP contribution in [0, 0.1) is 12.1 Å². The predicted molar refractivity (Wildman–Crippen MR) is 208 cm³/mol. The zero-order chi connectivity index (χ0) is 34.0. The van der Waals surface area contributed by atoms with Gasteiger partial charge in [-0.05, 0) is 93.0 Å². The minimum atomic E-state index is -0.0981. The van der Waals surface area contributed by atoms with Gasteiger partial charge in [-0.1, -0.05) is 109 Å². The Bertz CT molecular complexity index is 2320. The van der Waals surface area contributed by atoms with E-state index in [1.165, 1.54) is 55.6 Å². The number of benzene rings is 6. The van der Waals surface area contributed by atoms with Gasteiger partial charge in [-0.2, -0.15) is 0 Å². The van der Waals surface area contributed by atoms with Crippen molar-refractivity contribution in [3.05, 3.63) is 217 Å². The number of hydrogen-bond acceptors (Lipinski definition) is 2. The van der Waals surface area contributed by atoms with Crippen molar-refractivity contribution in [2.24, 2.45) is 0 Å². The largest absolute Gasteiger partial charge is 0.305 e. The zero-order valence-corrected chi connectivity index (χ0v) is 30.9. The molecule has 0 saturated carbocycles. The molecule has 2 aliphatic carbocycles. The number of aromatic nitrogens is 2. The molecule has 8 aromatic rings. The van der Waals surface area contributed by atoms with Gasteiger partial charge in [-0.25, -0.2) is 0 Å². The van der Waals surface area contributed by atoms with Crippen LogP contribution < -0.4 is 0 Å². The van der Waals surface area contributed by atoms with E-state index in [0.29, 0.717) is 0 Å². The van der Waals surface area contributed by atoms with Crippen molar-refractivity contribution in [3.8, 4) is 55.9 Å². The van der Waals surface area contributed by atoms with Crippen LogP contribution in [0.2, 0.25) is 0 Å². The van der Waals surface area contributed by atoms with Crippen molar-refractivity contribution in [3.63, 3.8) is 0 Å². The molecule has 6 aromatic carbocycles. The van der Waals surface area contributed by atoms with E-state index >= 15 is 0 Å². The first-order valence-electron chi connectivity index (χ1n) is 17.5. The zero-order valence-electron chi connectivity index (χ0n) is 28.5. The first kappa shape index (κ1) is 33.4. The second-order valence-electron chi connectivity index (χ2n) is 13.3. The molecule has 0 amide bonds. The first-order valence-corrected chi connectivity index (χ1v) is 17.5. The van der Waals surface area contributed by atoms with Gasteiger partial charge >= 0.3 is 0 Å². The third kappa shape index (κ3) is 6.24. The maximum atomic E-state index is 4.59. The molecule has 0 aliphatic heterocycles. The molecule has 0 unspecified atom stereocenters. The van der Waals surface area contributed by atoms with Crippen molar-refractivity contribution >= 4 is 0 Å². The van der Waals surface area contributed by atoms with Crippen LogP contribution in [0.5, 0.6) is 0 Å². The monoisotopic (exact) mass is 843 g/mol. The second-order valence-corrected chi connectivity index (χ2v) is 13.3. The standard InChI is InChI=1S/C38H26N.C11H8N.Ir/c1-3-9-26(10-4-1)28-16-18-33-34-19-17-29(27-11-5-2-6-12-27)23-36(34)38(35(33)22-28)24-31-15-14-30(21-32(31)25-38)37-13-7-8-20-39-37;1-2-6-10(7-3-1)11-8-4-5-9-12-11;/h1-13,15-23H,24-25H2;1-6,8-9H;/q2*-1;. The van der Waals surface area contributed by atoms with Gasteiger partial charge in [0, 0.05) is 37.9 Å². The van der Waals surface area contributed by atoms with Gasteiger partial charge in [0.25, 0.3) is 0 Å². The minimum Gasteiger partial charge on any atom is -0.305 e. The number of nitrogens with zero attached hydrogens (tertiary/aromatic N) is 2. The Balaban J connectivity index is 0.000000253. The number of rotatable bonds is 4. The van der Waals surface area contributed by atoms with E-state index < -0.39 is 0 Å². The van der Waals surface area contributed by atoms with E-state index in [1.54, 1.807) is 6.20 Å². The second kappa shape index (κ2) is 14.5. The quantitative estimate of drug-likeness (QED) is 0.165. The predicted octanol–water partition coefficient (Wildman–Crippen LogP) is 11.5. The van der Waals surface area contributed by atoms with Gasteiger partial charge in [0.05, 0.1) is 0 Å². The molecule has 1 spiro atoms. The topological polar surface area (TPSA) is 25.8 Å². The molecule has 2 aromatic heterocycles. The van der Waals surface area contributed by atoms with E-state index in [4.69, 9.17) is 0 Å². The van der Waals surface area contributed by atoms with Crippen molar-refractivity contribution in [1.82, 2.24) is 9.97 Å². The number of fused-ring (bicyclic) bond motifs is 6. The van der Waals surface area contributed by atoms with Gasteiger partial charge in [0.15, 0.2) is 0 Å². The van der Waals surface area contributed by atoms with E-state index in [-0.39, 0.29) is 25.5 Å². The molecule has 3 heteroatoms. The Labute approximate surface area is 319 Å². The van der Waals surface area contributed by atoms with Gasteiger partial charge in [0.2, 0.25) is 0 Å². The summed E-state index contributed by atoms with van der Waals surface area (Å²) in [7, 11) is 0. The summed E-state index contributed by atoms with van der Waals surface area (Å²) in [6, 6.07) is 66.7. The average Bonchev–Trinajstić information content (AvgIpc) is 3.74. The first-order chi connectivity index (χ1) is 25.2. The smallest absolute Gasteiger partial charge is 0.0201 e. The molecule has 10 rings (SSSR count). The molecule has 0 saturated heterocycles. The van der Waals surface area contributed by atoms with Crippen LogP contribution >= 0.6 is 0 Å². The van der Waals surface area contributed by atoms with Gasteiger partial charge in [-0.3, -0.25) is 0 Å². The molecule has 52 heavy (non-hydrogen) atoms. The summed E-state index contributed by atoms with van der Waals surface area (Å²) in [5, 5.41) is 0. The Morgan fingerprint density at radius 2 is 0.981 bits per heavy atom. The molecule has 0 N–H and O–H groups in total. The fraction of sp³-hybridized carbons (Fsp3) is 0.0612. The molecular formula is C49H34IrN2-2. The maximum Gasteiger partial charge on any atom is 0.0201 e. The van der Waals surface area contributed by atoms with E-state index in [2.05, 4.69) is 137 Å². The third-order valence-electron chi connectivity index (χ3n) is 10.3. The van der Waals surface area contributed by atoms with E-state index in [0.717, 1.165) is 35.4 Å². The summed E-state index contributed by atoms with van der Waals surface area (Å²) in [5.74, 6) is 0. The average molecular weight is 843 g/mol. The third-order valence-corrected chi connectivity index (χ3v) is 10.3. The normalized spacial score (nSPS) is 12.8. The summed E-state index contributed by atoms with van der Waals surface area (Å²) in [5.41, 5.74) is 17.5. The molecule has 251 valence electrons. The molecule has 1 radical (unpaired) electrons. The maximum absolute atomic E-state index is 4.59. The molecule has 0 fully saturated rings. The van der Waals surface area contributed by atoms with Crippen molar-refractivity contribution < 1.29 is 20.1 Å². The van der Waals surface area contributed by atoms with Gasteiger partial charge < -0.3 is 9.97 Å². The van der Waals surface area contributed by atoms with Crippen molar-refractivity contribution in [2.75, 3.05) is 0 Å². The van der Waals surface area contributed by atoms with Crippen molar-refractivity contribution in [1.29, 1.82) is 0 Å². The van der Waals surface area contributed by atoms with Gasteiger partial charge in [0.1, 0.15) is 0 Å². The molecule has 0 bridgehead atoms. The van der Waals surface area contributed by atoms with Crippen molar-refractivity contribution in [2.45, 2.75) is 18.3 Å². The van der Waals surface area contributed by atoms with Crippen LogP contribution in [-0.2, 0) is 38.4 Å². The summed E-state index contributed by atoms with van der Waals surface area (Å²) in [4.78, 5) is 8.81.